The maximum atomic E-state index is 4.11. The fraction of sp³-hybridized carbons (Fsp3) is 0.417. The Bertz CT molecular complexity index is 441. The number of aryl methyl sites for hydroxylation is 1. The van der Waals surface area contributed by atoms with Crippen LogP contribution in [0.1, 0.15) is 25.0 Å². The van der Waals surface area contributed by atoms with Crippen molar-refractivity contribution < 1.29 is 0 Å². The Morgan fingerprint density at radius 2 is 2.14 bits per heavy atom. The fourth-order valence-corrected chi connectivity index (χ4v) is 1.84. The zero-order chi connectivity index (χ0) is 10.1. The van der Waals surface area contributed by atoms with Crippen molar-refractivity contribution in [3.63, 3.8) is 0 Å². The van der Waals surface area contributed by atoms with Crippen LogP contribution >= 0.6 is 0 Å². The summed E-state index contributed by atoms with van der Waals surface area (Å²) in [5, 5.41) is 8.44. The second kappa shape index (κ2) is 3.45. The summed E-state index contributed by atoms with van der Waals surface area (Å²) in [5.41, 5.74) is 3.87. The maximum absolute atomic E-state index is 4.11. The molecular formula is C12H16N2. The summed E-state index contributed by atoms with van der Waals surface area (Å²) in [5.74, 6) is 0.684. The van der Waals surface area contributed by atoms with Gasteiger partial charge in [0.15, 0.2) is 0 Å². The monoisotopic (exact) mass is 188 g/mol. The van der Waals surface area contributed by atoms with Gasteiger partial charge in [-0.1, -0.05) is 26.0 Å². The number of hydrogen-bond donors (Lipinski definition) is 1. The number of nitrogens with one attached hydrogen (secondary N) is 1. The van der Waals surface area contributed by atoms with E-state index in [-0.39, 0.29) is 0 Å². The number of benzene rings is 1. The first-order valence-corrected chi connectivity index (χ1v) is 5.10. The molecular weight excluding hydrogens is 172 g/mol. The summed E-state index contributed by atoms with van der Waals surface area (Å²) < 4.78 is 0. The van der Waals surface area contributed by atoms with E-state index in [0.717, 1.165) is 6.42 Å². The van der Waals surface area contributed by atoms with Gasteiger partial charge in [0.05, 0.1) is 11.7 Å². The molecule has 0 aliphatic rings. The van der Waals surface area contributed by atoms with E-state index in [4.69, 9.17) is 0 Å². The van der Waals surface area contributed by atoms with Crippen LogP contribution in [-0.2, 0) is 6.42 Å². The van der Waals surface area contributed by atoms with Gasteiger partial charge in [-0.05, 0) is 30.4 Å². The molecule has 0 saturated heterocycles. The van der Waals surface area contributed by atoms with Crippen LogP contribution in [0.3, 0.4) is 0 Å². The third kappa shape index (κ3) is 1.52. The Morgan fingerprint density at radius 1 is 1.36 bits per heavy atom. The van der Waals surface area contributed by atoms with Crippen LogP contribution < -0.4 is 0 Å². The topological polar surface area (TPSA) is 28.7 Å². The quantitative estimate of drug-likeness (QED) is 0.770. The van der Waals surface area contributed by atoms with Crippen LogP contribution in [0.5, 0.6) is 0 Å². The van der Waals surface area contributed by atoms with E-state index in [2.05, 4.69) is 43.1 Å². The van der Waals surface area contributed by atoms with Gasteiger partial charge >= 0.3 is 0 Å². The van der Waals surface area contributed by atoms with Gasteiger partial charge in [-0.15, -0.1) is 0 Å². The lowest BCUT2D eigenvalue weighted by molar-refractivity contribution is 0.649. The van der Waals surface area contributed by atoms with Crippen molar-refractivity contribution in [2.75, 3.05) is 0 Å². The van der Waals surface area contributed by atoms with Crippen molar-refractivity contribution in [3.05, 3.63) is 29.5 Å². The highest BCUT2D eigenvalue weighted by Gasteiger charge is 2.06. The highest BCUT2D eigenvalue weighted by Crippen LogP contribution is 2.21. The minimum atomic E-state index is 0.684. The zero-order valence-electron chi connectivity index (χ0n) is 8.96. The van der Waals surface area contributed by atoms with Crippen molar-refractivity contribution in [2.24, 2.45) is 5.92 Å². The molecule has 1 aromatic carbocycles. The maximum Gasteiger partial charge on any atom is 0.0685 e. The SMILES string of the molecule is Cc1ccc(CC(C)C)c2[nH]ncc12. The second-order valence-electron chi connectivity index (χ2n) is 4.30. The van der Waals surface area contributed by atoms with Gasteiger partial charge in [0.2, 0.25) is 0 Å². The van der Waals surface area contributed by atoms with Crippen molar-refractivity contribution >= 4 is 10.9 Å². The molecule has 0 atom stereocenters. The molecule has 0 spiro atoms. The van der Waals surface area contributed by atoms with Crippen molar-refractivity contribution in [1.82, 2.24) is 10.2 Å². The molecule has 1 aromatic heterocycles. The molecule has 74 valence electrons. The largest absolute Gasteiger partial charge is 0.278 e. The predicted molar refractivity (Wildman–Crippen MR) is 59.4 cm³/mol. The van der Waals surface area contributed by atoms with Gasteiger partial charge in [0.1, 0.15) is 0 Å². The van der Waals surface area contributed by atoms with E-state index in [1.54, 1.807) is 0 Å². The van der Waals surface area contributed by atoms with Crippen LogP contribution in [0.25, 0.3) is 10.9 Å². The standard InChI is InChI=1S/C12H16N2/c1-8(2)6-10-5-4-9(3)11-7-13-14-12(10)11/h4-5,7-8H,6H2,1-3H3,(H,13,14). The normalized spacial score (nSPS) is 11.4. The molecule has 0 aliphatic heterocycles. The Morgan fingerprint density at radius 3 is 2.86 bits per heavy atom. The number of fused-ring (bicyclic) bond motifs is 1. The molecule has 0 fully saturated rings. The lowest BCUT2D eigenvalue weighted by atomic mass is 9.99. The Hall–Kier alpha value is -1.31. The summed E-state index contributed by atoms with van der Waals surface area (Å²) in [6.45, 7) is 6.60. The second-order valence-corrected chi connectivity index (χ2v) is 4.30. The molecule has 0 bridgehead atoms. The number of hydrogen-bond acceptors (Lipinski definition) is 1. The summed E-state index contributed by atoms with van der Waals surface area (Å²) in [4.78, 5) is 0. The minimum absolute atomic E-state index is 0.684. The summed E-state index contributed by atoms with van der Waals surface area (Å²) in [6, 6.07) is 4.38. The minimum Gasteiger partial charge on any atom is -0.278 e. The van der Waals surface area contributed by atoms with Crippen molar-refractivity contribution in [3.8, 4) is 0 Å². The van der Waals surface area contributed by atoms with E-state index < -0.39 is 0 Å². The molecule has 2 aromatic rings. The van der Waals surface area contributed by atoms with Crippen LogP contribution in [-0.4, -0.2) is 10.2 Å². The van der Waals surface area contributed by atoms with E-state index in [1.807, 2.05) is 6.20 Å². The van der Waals surface area contributed by atoms with Gasteiger partial charge in [-0.25, -0.2) is 0 Å². The Labute approximate surface area is 84.3 Å². The van der Waals surface area contributed by atoms with Gasteiger partial charge < -0.3 is 0 Å². The molecule has 0 aliphatic carbocycles. The van der Waals surface area contributed by atoms with Crippen molar-refractivity contribution in [1.29, 1.82) is 0 Å². The molecule has 2 heteroatoms. The number of nitrogens with zero attached hydrogens (tertiary/aromatic N) is 1. The lowest BCUT2D eigenvalue weighted by Gasteiger charge is -2.07. The Balaban J connectivity index is 2.55. The lowest BCUT2D eigenvalue weighted by Crippen LogP contribution is -1.95. The highest BCUT2D eigenvalue weighted by molar-refractivity contribution is 5.84. The molecule has 0 radical (unpaired) electrons. The van der Waals surface area contributed by atoms with Gasteiger partial charge in [-0.3, -0.25) is 5.10 Å². The number of H-pyrrole nitrogens is 1. The Kier molecular flexibility index (Phi) is 2.28. The molecule has 0 unspecified atom stereocenters. The third-order valence-electron chi connectivity index (χ3n) is 2.55. The van der Waals surface area contributed by atoms with Crippen LogP contribution in [0, 0.1) is 12.8 Å². The fourth-order valence-electron chi connectivity index (χ4n) is 1.84. The van der Waals surface area contributed by atoms with Crippen LogP contribution in [0.2, 0.25) is 0 Å². The molecule has 2 nitrogen and oxygen atoms in total. The first-order chi connectivity index (χ1) is 6.68. The molecule has 1 N–H and O–H groups in total. The average molecular weight is 188 g/mol. The molecule has 14 heavy (non-hydrogen) atoms. The van der Waals surface area contributed by atoms with Crippen LogP contribution in [0.15, 0.2) is 18.3 Å². The van der Waals surface area contributed by atoms with Gasteiger partial charge in [-0.2, -0.15) is 5.10 Å². The van der Waals surface area contributed by atoms with Crippen molar-refractivity contribution in [2.45, 2.75) is 27.2 Å². The number of aromatic nitrogens is 2. The van der Waals surface area contributed by atoms with Gasteiger partial charge in [0, 0.05) is 5.39 Å². The highest BCUT2D eigenvalue weighted by atomic mass is 15.1. The first-order valence-electron chi connectivity index (χ1n) is 5.10. The van der Waals surface area contributed by atoms with Crippen LogP contribution in [0.4, 0.5) is 0 Å². The summed E-state index contributed by atoms with van der Waals surface area (Å²) in [7, 11) is 0. The molecule has 1 heterocycles. The van der Waals surface area contributed by atoms with E-state index in [9.17, 15) is 0 Å². The van der Waals surface area contributed by atoms with Gasteiger partial charge in [0.25, 0.3) is 0 Å². The summed E-state index contributed by atoms with van der Waals surface area (Å²) >= 11 is 0. The smallest absolute Gasteiger partial charge is 0.0685 e. The van der Waals surface area contributed by atoms with E-state index >= 15 is 0 Å². The third-order valence-corrected chi connectivity index (χ3v) is 2.55. The molecule has 2 rings (SSSR count). The molecule has 0 amide bonds. The average Bonchev–Trinajstić information content (AvgIpc) is 2.58. The first kappa shape index (κ1) is 9.25. The van der Waals surface area contributed by atoms with E-state index in [0.29, 0.717) is 5.92 Å². The summed E-state index contributed by atoms with van der Waals surface area (Å²) in [6.07, 6.45) is 3.02. The molecule has 0 saturated carbocycles. The number of aromatic amines is 1. The van der Waals surface area contributed by atoms with E-state index in [1.165, 1.54) is 22.0 Å². The number of rotatable bonds is 2. The predicted octanol–water partition coefficient (Wildman–Crippen LogP) is 3.07. The zero-order valence-corrected chi connectivity index (χ0v) is 8.96.